The van der Waals surface area contributed by atoms with E-state index in [2.05, 4.69) is 29.5 Å². The van der Waals surface area contributed by atoms with Crippen LogP contribution in [0.25, 0.3) is 0 Å². The summed E-state index contributed by atoms with van der Waals surface area (Å²) >= 11 is 1.67. The van der Waals surface area contributed by atoms with E-state index in [0.29, 0.717) is 5.41 Å². The molecule has 90 valence electrons. The van der Waals surface area contributed by atoms with Gasteiger partial charge in [-0.25, -0.2) is 4.98 Å². The monoisotopic (exact) mass is 238 g/mol. The van der Waals surface area contributed by atoms with Gasteiger partial charge in [0.2, 0.25) is 0 Å². The lowest BCUT2D eigenvalue weighted by Crippen LogP contribution is -2.29. The summed E-state index contributed by atoms with van der Waals surface area (Å²) in [5.41, 5.74) is 3.67. The van der Waals surface area contributed by atoms with Crippen LogP contribution in [0.5, 0.6) is 0 Å². The van der Waals surface area contributed by atoms with Gasteiger partial charge in [0.25, 0.3) is 0 Å². The van der Waals surface area contributed by atoms with E-state index in [1.165, 1.54) is 31.4 Å². The molecule has 1 aromatic rings. The van der Waals surface area contributed by atoms with Crippen molar-refractivity contribution in [3.63, 3.8) is 0 Å². The maximum Gasteiger partial charge on any atom is 0.0795 e. The second-order valence-electron chi connectivity index (χ2n) is 5.72. The van der Waals surface area contributed by atoms with Gasteiger partial charge in [0, 0.05) is 11.9 Å². The molecule has 0 atom stereocenters. The van der Waals surface area contributed by atoms with Crippen LogP contribution in [0.2, 0.25) is 0 Å². The molecule has 0 bridgehead atoms. The fourth-order valence-electron chi connectivity index (χ4n) is 2.39. The van der Waals surface area contributed by atoms with E-state index < -0.39 is 0 Å². The molecule has 0 aliphatic heterocycles. The third-order valence-electron chi connectivity index (χ3n) is 3.68. The predicted octanol–water partition coefficient (Wildman–Crippen LogP) is 3.45. The van der Waals surface area contributed by atoms with E-state index >= 15 is 0 Å². The highest BCUT2D eigenvalue weighted by Crippen LogP contribution is 2.37. The van der Waals surface area contributed by atoms with E-state index in [-0.39, 0.29) is 0 Å². The van der Waals surface area contributed by atoms with Crippen molar-refractivity contribution in [2.24, 2.45) is 11.3 Å². The van der Waals surface area contributed by atoms with Crippen LogP contribution in [0.4, 0.5) is 0 Å². The van der Waals surface area contributed by atoms with Crippen molar-refractivity contribution in [2.75, 3.05) is 6.54 Å². The Morgan fingerprint density at radius 1 is 1.44 bits per heavy atom. The van der Waals surface area contributed by atoms with Crippen LogP contribution in [0.1, 0.15) is 45.2 Å². The van der Waals surface area contributed by atoms with Crippen molar-refractivity contribution in [1.82, 2.24) is 10.3 Å². The van der Waals surface area contributed by atoms with Gasteiger partial charge in [0.15, 0.2) is 0 Å². The normalized spacial score (nSPS) is 21.1. The zero-order chi connectivity index (χ0) is 11.4. The molecule has 16 heavy (non-hydrogen) atoms. The fraction of sp³-hybridized carbons (Fsp3) is 0.769. The van der Waals surface area contributed by atoms with Gasteiger partial charge in [-0.05, 0) is 43.6 Å². The lowest BCUT2D eigenvalue weighted by atomic mass is 9.73. The molecule has 1 N–H and O–H groups in total. The second-order valence-corrected chi connectivity index (χ2v) is 6.44. The molecule has 0 saturated heterocycles. The number of nitrogens with zero attached hydrogens (tertiary/aromatic N) is 1. The van der Waals surface area contributed by atoms with Crippen LogP contribution < -0.4 is 5.32 Å². The third-order valence-corrected chi connectivity index (χ3v) is 4.32. The summed E-state index contributed by atoms with van der Waals surface area (Å²) in [6.07, 6.45) is 5.54. The number of rotatable bonds is 4. The van der Waals surface area contributed by atoms with Gasteiger partial charge in [-0.2, -0.15) is 0 Å². The molecule has 1 aliphatic carbocycles. The number of thiazole rings is 1. The summed E-state index contributed by atoms with van der Waals surface area (Å²) < 4.78 is 0. The van der Waals surface area contributed by atoms with Crippen LogP contribution in [-0.4, -0.2) is 11.5 Å². The average molecular weight is 238 g/mol. The molecule has 0 spiro atoms. The zero-order valence-electron chi connectivity index (χ0n) is 10.3. The maximum absolute atomic E-state index is 4.28. The first kappa shape index (κ1) is 12.1. The Bertz CT molecular complexity index is 296. The Labute approximate surface area is 102 Å². The Balaban J connectivity index is 1.64. The highest BCUT2D eigenvalue weighted by Gasteiger charge is 2.26. The van der Waals surface area contributed by atoms with Crippen molar-refractivity contribution < 1.29 is 0 Å². The minimum Gasteiger partial charge on any atom is -0.311 e. The standard InChI is InChI=1S/C13H22N2S/c1-13(2)5-3-11(4-6-13)7-14-8-12-9-16-10-15-12/h9-11,14H,3-8H2,1-2H3. The van der Waals surface area contributed by atoms with Gasteiger partial charge in [-0.15, -0.1) is 11.3 Å². The molecule has 1 aromatic heterocycles. The molecule has 2 nitrogen and oxygen atoms in total. The SMILES string of the molecule is CC1(C)CCC(CNCc2cscn2)CC1. The van der Waals surface area contributed by atoms with Gasteiger partial charge in [0.1, 0.15) is 0 Å². The molecule has 1 heterocycles. The van der Waals surface area contributed by atoms with Gasteiger partial charge in [-0.1, -0.05) is 13.8 Å². The van der Waals surface area contributed by atoms with Crippen LogP contribution in [0.15, 0.2) is 10.9 Å². The molecular weight excluding hydrogens is 216 g/mol. The molecule has 0 unspecified atom stereocenters. The Hall–Kier alpha value is -0.410. The molecule has 0 radical (unpaired) electrons. The van der Waals surface area contributed by atoms with E-state index in [9.17, 15) is 0 Å². The van der Waals surface area contributed by atoms with E-state index in [1.807, 2.05) is 5.51 Å². The molecule has 1 aliphatic rings. The molecule has 0 amide bonds. The minimum absolute atomic E-state index is 0.589. The predicted molar refractivity (Wildman–Crippen MR) is 69.6 cm³/mol. The van der Waals surface area contributed by atoms with E-state index in [1.54, 1.807) is 11.3 Å². The quantitative estimate of drug-likeness (QED) is 0.869. The highest BCUT2D eigenvalue weighted by atomic mass is 32.1. The molecule has 1 saturated carbocycles. The number of aromatic nitrogens is 1. The van der Waals surface area contributed by atoms with Crippen molar-refractivity contribution in [3.8, 4) is 0 Å². The van der Waals surface area contributed by atoms with E-state index in [4.69, 9.17) is 0 Å². The lowest BCUT2D eigenvalue weighted by Gasteiger charge is -2.34. The smallest absolute Gasteiger partial charge is 0.0795 e. The van der Waals surface area contributed by atoms with Crippen LogP contribution in [-0.2, 0) is 6.54 Å². The molecular formula is C13H22N2S. The van der Waals surface area contributed by atoms with Crippen molar-refractivity contribution in [3.05, 3.63) is 16.6 Å². The summed E-state index contributed by atoms with van der Waals surface area (Å²) in [6.45, 7) is 6.88. The highest BCUT2D eigenvalue weighted by molar-refractivity contribution is 7.07. The van der Waals surface area contributed by atoms with Crippen molar-refractivity contribution in [2.45, 2.75) is 46.1 Å². The second kappa shape index (κ2) is 5.28. The molecule has 1 fully saturated rings. The van der Waals surface area contributed by atoms with Crippen LogP contribution in [0, 0.1) is 11.3 Å². The average Bonchev–Trinajstić information content (AvgIpc) is 2.73. The zero-order valence-corrected chi connectivity index (χ0v) is 11.1. The van der Waals surface area contributed by atoms with Crippen molar-refractivity contribution >= 4 is 11.3 Å². The summed E-state index contributed by atoms with van der Waals surface area (Å²) in [7, 11) is 0. The van der Waals surface area contributed by atoms with Gasteiger partial charge in [-0.3, -0.25) is 0 Å². The largest absolute Gasteiger partial charge is 0.311 e. The topological polar surface area (TPSA) is 24.9 Å². The summed E-state index contributed by atoms with van der Waals surface area (Å²) in [6, 6.07) is 0. The summed E-state index contributed by atoms with van der Waals surface area (Å²) in [4.78, 5) is 4.28. The number of nitrogens with one attached hydrogen (secondary N) is 1. The van der Waals surface area contributed by atoms with Crippen LogP contribution in [0.3, 0.4) is 0 Å². The van der Waals surface area contributed by atoms with Gasteiger partial charge < -0.3 is 5.32 Å². The van der Waals surface area contributed by atoms with Gasteiger partial charge in [0.05, 0.1) is 11.2 Å². The Morgan fingerprint density at radius 3 is 2.81 bits per heavy atom. The first-order valence-electron chi connectivity index (χ1n) is 6.23. The van der Waals surface area contributed by atoms with E-state index in [0.717, 1.165) is 19.0 Å². The van der Waals surface area contributed by atoms with Crippen molar-refractivity contribution in [1.29, 1.82) is 0 Å². The number of hydrogen-bond donors (Lipinski definition) is 1. The fourth-order valence-corrected chi connectivity index (χ4v) is 2.95. The summed E-state index contributed by atoms with van der Waals surface area (Å²) in [5, 5.41) is 5.65. The molecule has 0 aromatic carbocycles. The Morgan fingerprint density at radius 2 is 2.19 bits per heavy atom. The molecule has 3 heteroatoms. The lowest BCUT2D eigenvalue weighted by molar-refractivity contribution is 0.188. The first-order valence-corrected chi connectivity index (χ1v) is 7.18. The minimum atomic E-state index is 0.589. The first-order chi connectivity index (χ1) is 7.66. The van der Waals surface area contributed by atoms with Crippen LogP contribution >= 0.6 is 11.3 Å². The summed E-state index contributed by atoms with van der Waals surface area (Å²) in [5.74, 6) is 0.881. The maximum atomic E-state index is 4.28. The third kappa shape index (κ3) is 3.56. The Kier molecular flexibility index (Phi) is 3.98. The van der Waals surface area contributed by atoms with Gasteiger partial charge >= 0.3 is 0 Å². The number of hydrogen-bond acceptors (Lipinski definition) is 3. The molecule has 2 rings (SSSR count).